The molecule has 1 aromatic rings. The first kappa shape index (κ1) is 13.6. The standard InChI is InChI=1S/C12H16ClNO3/c1-3-7-17-11-6-5-9(13)8-10(11)14-12(15)16-4-2/h5-6,8H,3-4,7H2,1-2H3,(H,14,15). The van der Waals surface area contributed by atoms with E-state index in [4.69, 9.17) is 21.1 Å². The largest absolute Gasteiger partial charge is 0.491 e. The lowest BCUT2D eigenvalue weighted by atomic mass is 10.3. The van der Waals surface area contributed by atoms with Crippen LogP contribution in [0.2, 0.25) is 5.02 Å². The van der Waals surface area contributed by atoms with Crippen molar-refractivity contribution in [1.82, 2.24) is 0 Å². The van der Waals surface area contributed by atoms with Crippen molar-refractivity contribution in [1.29, 1.82) is 0 Å². The number of amides is 1. The van der Waals surface area contributed by atoms with Gasteiger partial charge < -0.3 is 9.47 Å². The fourth-order valence-corrected chi connectivity index (χ4v) is 1.39. The zero-order valence-corrected chi connectivity index (χ0v) is 10.7. The predicted molar refractivity (Wildman–Crippen MR) is 67.9 cm³/mol. The zero-order valence-electron chi connectivity index (χ0n) is 9.96. The van der Waals surface area contributed by atoms with E-state index in [1.807, 2.05) is 6.92 Å². The third kappa shape index (κ3) is 4.53. The first-order valence-corrected chi connectivity index (χ1v) is 5.91. The first-order chi connectivity index (χ1) is 8.17. The van der Waals surface area contributed by atoms with Crippen molar-refractivity contribution in [3.8, 4) is 5.75 Å². The van der Waals surface area contributed by atoms with Crippen molar-refractivity contribution in [2.45, 2.75) is 20.3 Å². The van der Waals surface area contributed by atoms with E-state index in [0.29, 0.717) is 29.7 Å². The molecule has 1 N–H and O–H groups in total. The van der Waals surface area contributed by atoms with Crippen LogP contribution < -0.4 is 10.1 Å². The van der Waals surface area contributed by atoms with Crippen molar-refractivity contribution in [3.05, 3.63) is 23.2 Å². The number of hydrogen-bond acceptors (Lipinski definition) is 3. The molecule has 0 aromatic heterocycles. The summed E-state index contributed by atoms with van der Waals surface area (Å²) in [5, 5.41) is 3.12. The van der Waals surface area contributed by atoms with E-state index in [1.165, 1.54) is 0 Å². The van der Waals surface area contributed by atoms with Gasteiger partial charge in [0, 0.05) is 5.02 Å². The van der Waals surface area contributed by atoms with Gasteiger partial charge in [-0.3, -0.25) is 5.32 Å². The van der Waals surface area contributed by atoms with E-state index < -0.39 is 6.09 Å². The molecule has 0 atom stereocenters. The molecular formula is C12H16ClNO3. The Morgan fingerprint density at radius 2 is 2.18 bits per heavy atom. The van der Waals surface area contributed by atoms with E-state index in [2.05, 4.69) is 5.32 Å². The van der Waals surface area contributed by atoms with Crippen molar-refractivity contribution in [2.24, 2.45) is 0 Å². The quantitative estimate of drug-likeness (QED) is 0.875. The van der Waals surface area contributed by atoms with Crippen LogP contribution in [-0.2, 0) is 4.74 Å². The molecule has 5 heteroatoms. The normalized spacial score (nSPS) is 9.82. The lowest BCUT2D eigenvalue weighted by Crippen LogP contribution is -2.14. The molecule has 1 aromatic carbocycles. The summed E-state index contributed by atoms with van der Waals surface area (Å²) in [7, 11) is 0. The average molecular weight is 258 g/mol. The minimum absolute atomic E-state index is 0.317. The van der Waals surface area contributed by atoms with Crippen LogP contribution in [0.1, 0.15) is 20.3 Å². The van der Waals surface area contributed by atoms with E-state index >= 15 is 0 Å². The molecule has 0 spiro atoms. The molecule has 0 aliphatic rings. The first-order valence-electron chi connectivity index (χ1n) is 5.53. The van der Waals surface area contributed by atoms with Crippen LogP contribution in [0.25, 0.3) is 0 Å². The summed E-state index contributed by atoms with van der Waals surface area (Å²) in [5.74, 6) is 0.587. The molecule has 0 aliphatic heterocycles. The van der Waals surface area contributed by atoms with Gasteiger partial charge in [-0.2, -0.15) is 0 Å². The second-order valence-electron chi connectivity index (χ2n) is 3.33. The van der Waals surface area contributed by atoms with Gasteiger partial charge in [-0.15, -0.1) is 0 Å². The Morgan fingerprint density at radius 3 is 2.82 bits per heavy atom. The lowest BCUT2D eigenvalue weighted by Gasteiger charge is -2.12. The molecule has 0 unspecified atom stereocenters. The van der Waals surface area contributed by atoms with E-state index in [-0.39, 0.29) is 0 Å². The van der Waals surface area contributed by atoms with E-state index in [9.17, 15) is 4.79 Å². The third-order valence-electron chi connectivity index (χ3n) is 1.92. The van der Waals surface area contributed by atoms with Gasteiger partial charge >= 0.3 is 6.09 Å². The second kappa shape index (κ2) is 7.01. The Balaban J connectivity index is 2.79. The SMILES string of the molecule is CCCOc1ccc(Cl)cc1NC(=O)OCC. The highest BCUT2D eigenvalue weighted by Gasteiger charge is 2.09. The van der Waals surface area contributed by atoms with Crippen molar-refractivity contribution >= 4 is 23.4 Å². The smallest absolute Gasteiger partial charge is 0.411 e. The Morgan fingerprint density at radius 1 is 1.41 bits per heavy atom. The Bertz CT molecular complexity index is 382. The number of anilines is 1. The summed E-state index contributed by atoms with van der Waals surface area (Å²) in [5.41, 5.74) is 0.518. The molecule has 1 amide bonds. The van der Waals surface area contributed by atoms with Crippen LogP contribution in [0.15, 0.2) is 18.2 Å². The van der Waals surface area contributed by atoms with Crippen LogP contribution in [0.5, 0.6) is 5.75 Å². The molecular weight excluding hydrogens is 242 g/mol. The maximum absolute atomic E-state index is 11.3. The van der Waals surface area contributed by atoms with Gasteiger partial charge in [0.1, 0.15) is 5.75 Å². The minimum Gasteiger partial charge on any atom is -0.491 e. The highest BCUT2D eigenvalue weighted by Crippen LogP contribution is 2.28. The van der Waals surface area contributed by atoms with Crippen LogP contribution in [0.3, 0.4) is 0 Å². The molecule has 0 heterocycles. The fourth-order valence-electron chi connectivity index (χ4n) is 1.21. The minimum atomic E-state index is -0.517. The number of ether oxygens (including phenoxy) is 2. The molecule has 1 rings (SSSR count). The van der Waals surface area contributed by atoms with Crippen LogP contribution >= 0.6 is 11.6 Å². The van der Waals surface area contributed by atoms with Gasteiger partial charge in [-0.25, -0.2) is 4.79 Å². The lowest BCUT2D eigenvalue weighted by molar-refractivity contribution is 0.167. The molecule has 17 heavy (non-hydrogen) atoms. The van der Waals surface area contributed by atoms with Gasteiger partial charge in [0.05, 0.1) is 18.9 Å². The number of carbonyl (C=O) groups excluding carboxylic acids is 1. The zero-order chi connectivity index (χ0) is 12.7. The Labute approximate surface area is 106 Å². The summed E-state index contributed by atoms with van der Waals surface area (Å²) in [6.45, 7) is 4.65. The number of nitrogens with one attached hydrogen (secondary N) is 1. The Kier molecular flexibility index (Phi) is 5.63. The average Bonchev–Trinajstić information content (AvgIpc) is 2.28. The highest BCUT2D eigenvalue weighted by atomic mass is 35.5. The van der Waals surface area contributed by atoms with Crippen LogP contribution in [0, 0.1) is 0 Å². The fraction of sp³-hybridized carbons (Fsp3) is 0.417. The maximum atomic E-state index is 11.3. The predicted octanol–water partition coefficient (Wildman–Crippen LogP) is 3.70. The number of hydrogen-bond donors (Lipinski definition) is 1. The topological polar surface area (TPSA) is 47.6 Å². The van der Waals surface area contributed by atoms with E-state index in [0.717, 1.165) is 6.42 Å². The maximum Gasteiger partial charge on any atom is 0.411 e. The molecule has 0 radical (unpaired) electrons. The van der Waals surface area contributed by atoms with Gasteiger partial charge in [-0.1, -0.05) is 18.5 Å². The number of carbonyl (C=O) groups is 1. The number of rotatable bonds is 5. The molecule has 94 valence electrons. The van der Waals surface area contributed by atoms with Gasteiger partial charge in [0.15, 0.2) is 0 Å². The summed E-state index contributed by atoms with van der Waals surface area (Å²) < 4.78 is 10.3. The molecule has 0 fully saturated rings. The van der Waals surface area contributed by atoms with Crippen LogP contribution in [0.4, 0.5) is 10.5 Å². The summed E-state index contributed by atoms with van der Waals surface area (Å²) in [6.07, 6.45) is 0.373. The number of benzene rings is 1. The second-order valence-corrected chi connectivity index (χ2v) is 3.77. The molecule has 0 saturated carbocycles. The summed E-state index contributed by atoms with van der Waals surface area (Å²) >= 11 is 5.86. The van der Waals surface area contributed by atoms with Crippen molar-refractivity contribution < 1.29 is 14.3 Å². The van der Waals surface area contributed by atoms with Gasteiger partial charge in [0.25, 0.3) is 0 Å². The molecule has 4 nitrogen and oxygen atoms in total. The van der Waals surface area contributed by atoms with Gasteiger partial charge in [-0.05, 0) is 31.5 Å². The van der Waals surface area contributed by atoms with Crippen molar-refractivity contribution in [2.75, 3.05) is 18.5 Å². The third-order valence-corrected chi connectivity index (χ3v) is 2.15. The van der Waals surface area contributed by atoms with Crippen molar-refractivity contribution in [3.63, 3.8) is 0 Å². The molecule has 0 saturated heterocycles. The van der Waals surface area contributed by atoms with E-state index in [1.54, 1.807) is 25.1 Å². The summed E-state index contributed by atoms with van der Waals surface area (Å²) in [6, 6.07) is 5.06. The molecule has 0 aliphatic carbocycles. The summed E-state index contributed by atoms with van der Waals surface area (Å²) in [4.78, 5) is 11.3. The highest BCUT2D eigenvalue weighted by molar-refractivity contribution is 6.31. The van der Waals surface area contributed by atoms with Gasteiger partial charge in [0.2, 0.25) is 0 Å². The monoisotopic (exact) mass is 257 g/mol. The Hall–Kier alpha value is -1.42. The molecule has 0 bridgehead atoms. The number of halogens is 1. The van der Waals surface area contributed by atoms with Crippen LogP contribution in [-0.4, -0.2) is 19.3 Å².